The zero-order chi connectivity index (χ0) is 4.28. The van der Waals surface area contributed by atoms with Crippen LogP contribution in [0.25, 0.3) is 0 Å². The van der Waals surface area contributed by atoms with Gasteiger partial charge in [-0.2, -0.15) is 0 Å². The summed E-state index contributed by atoms with van der Waals surface area (Å²) < 4.78 is 3.92. The van der Waals surface area contributed by atoms with E-state index >= 15 is 0 Å². The summed E-state index contributed by atoms with van der Waals surface area (Å²) in [6.07, 6.45) is 0. The minimum Gasteiger partial charge on any atom is 0 e. The summed E-state index contributed by atoms with van der Waals surface area (Å²) in [5.41, 5.74) is 0. The molecule has 0 atom stereocenters. The maximum atomic E-state index is 7.71. The van der Waals surface area contributed by atoms with Gasteiger partial charge in [-0.15, -0.1) is 0 Å². The van der Waals surface area contributed by atoms with Crippen LogP contribution in [0.5, 0.6) is 0 Å². The molecule has 0 aliphatic carbocycles. The summed E-state index contributed by atoms with van der Waals surface area (Å²) in [7, 11) is -1.59. The van der Waals surface area contributed by atoms with Crippen LogP contribution in [0.4, 0.5) is 0 Å². The summed E-state index contributed by atoms with van der Waals surface area (Å²) in [6, 6.07) is 0. The first kappa shape index (κ1) is 16.3. The first-order valence-electron chi connectivity index (χ1n) is 0.988. The molecule has 0 heterocycles. The fourth-order valence-corrected chi connectivity index (χ4v) is 0. The smallest absolute Gasteiger partial charge is 0 e. The largest absolute Gasteiger partial charge is 0.187 e. The molecule has 0 aromatic rings. The van der Waals surface area contributed by atoms with Gasteiger partial charge in [-0.1, -0.05) is 0 Å². The van der Waals surface area contributed by atoms with Gasteiger partial charge < -0.3 is 0 Å². The molecule has 0 aliphatic rings. The fourth-order valence-electron chi connectivity index (χ4n) is 0. The fraction of sp³-hybridized carbons (Fsp3) is 0. The quantitative estimate of drug-likeness (QED) is 0.516. The molecule has 0 rings (SSSR count). The summed E-state index contributed by atoms with van der Waals surface area (Å²) in [4.78, 5) is 0. The van der Waals surface area contributed by atoms with Crippen LogP contribution in [0.2, 0.25) is 0 Å². The molecule has 0 bridgehead atoms. The van der Waals surface area contributed by atoms with E-state index in [-0.39, 0.29) is 54.2 Å². The van der Waals surface area contributed by atoms with Crippen molar-refractivity contribution >= 4 is 24.7 Å². The molecule has 0 fully saturated rings. The van der Waals surface area contributed by atoms with E-state index in [2.05, 4.69) is 2.77 Å². The first-order chi connectivity index (χ1) is 2.27. The van der Waals surface area contributed by atoms with Crippen molar-refractivity contribution in [3.63, 3.8) is 0 Å². The minimum absolute atomic E-state index is 0. The first-order valence-corrected chi connectivity index (χ1v) is 1.72. The predicted molar refractivity (Wildman–Crippen MR) is 21.2 cm³/mol. The van der Waals surface area contributed by atoms with Gasteiger partial charge in [-0.25, -0.2) is 0 Å². The van der Waals surface area contributed by atoms with Crippen molar-refractivity contribution in [2.75, 3.05) is 0 Å². The van der Waals surface area contributed by atoms with E-state index < -0.39 is 7.32 Å². The van der Waals surface area contributed by atoms with E-state index in [0.29, 0.717) is 0 Å². The van der Waals surface area contributed by atoms with Crippen molar-refractivity contribution in [3.8, 4) is 0 Å². The van der Waals surface area contributed by atoms with Gasteiger partial charge >= 0.3 is 45.0 Å². The molecule has 7 heteroatoms. The monoisotopic (exact) mass is 311 g/mol. The van der Waals surface area contributed by atoms with Crippen LogP contribution >= 0.6 is 0 Å². The molecule has 0 amide bonds. The van der Waals surface area contributed by atoms with Crippen molar-refractivity contribution in [2.45, 2.75) is 0 Å². The van der Waals surface area contributed by atoms with Crippen molar-refractivity contribution < 1.29 is 74.5 Å². The van der Waals surface area contributed by atoms with Gasteiger partial charge in [0.2, 0.25) is 0 Å². The number of rotatable bonds is 1. The van der Waals surface area contributed by atoms with Gasteiger partial charge in [-0.3, -0.25) is 0 Å². The van der Waals surface area contributed by atoms with E-state index in [0.717, 1.165) is 24.8 Å². The van der Waals surface area contributed by atoms with Gasteiger partial charge in [-0.05, 0) is 0 Å². The van der Waals surface area contributed by atoms with Crippen LogP contribution in [0, 0.1) is 36.9 Å². The second-order valence-electron chi connectivity index (χ2n) is 0.462. The average Bonchev–Trinajstić information content (AvgIpc) is 1.38. The Morgan fingerprint density at radius 1 is 1.43 bits per heavy atom. The van der Waals surface area contributed by atoms with Crippen LogP contribution in [-0.2, 0) is 27.6 Å². The van der Waals surface area contributed by atoms with Crippen LogP contribution in [0.15, 0.2) is 0 Å². The average molecular weight is 311 g/mol. The molecule has 0 aromatic heterocycles. The molecule has 0 aromatic carbocycles. The molecule has 1 radical (unpaired) electrons. The maximum Gasteiger partial charge on any atom is 0.187 e. The Morgan fingerprint density at radius 3 is 1.57 bits per heavy atom. The molecular formula is H5AlBLuO3Sc. The Hall–Kier alpha value is 2.58. The SMILES string of the molecule is OB(O)[O][Sc].[AlH3].[Lu]. The second-order valence-corrected chi connectivity index (χ2v) is 0.887. The Morgan fingerprint density at radius 2 is 1.57 bits per heavy atom. The van der Waals surface area contributed by atoms with E-state index in [1.54, 1.807) is 0 Å². The molecule has 0 saturated carbocycles. The minimum atomic E-state index is -1.59. The third kappa shape index (κ3) is 17.7. The summed E-state index contributed by atoms with van der Waals surface area (Å²) in [6.45, 7) is 0. The zero-order valence-electron chi connectivity index (χ0n) is 2.72. The second kappa shape index (κ2) is 11.4. The Labute approximate surface area is 97.5 Å². The molecule has 3 nitrogen and oxygen atoms in total. The van der Waals surface area contributed by atoms with Crippen LogP contribution in [-0.4, -0.2) is 34.7 Å². The van der Waals surface area contributed by atoms with Gasteiger partial charge in [0.25, 0.3) is 0 Å². The number of hydrogen-bond donors (Lipinski definition) is 2. The van der Waals surface area contributed by atoms with Gasteiger partial charge in [0.05, 0.1) is 0 Å². The Kier molecular flexibility index (Phi) is 26.5. The van der Waals surface area contributed by atoms with Gasteiger partial charge in [0.15, 0.2) is 17.4 Å². The molecule has 0 unspecified atom stereocenters. The van der Waals surface area contributed by atoms with Crippen molar-refractivity contribution in [1.82, 2.24) is 0 Å². The Balaban J connectivity index is -0.0000000800. The summed E-state index contributed by atoms with van der Waals surface area (Å²) in [5, 5.41) is 15.4. The normalized spacial score (nSPS) is 5.29. The van der Waals surface area contributed by atoms with Crippen LogP contribution < -0.4 is 0 Å². The van der Waals surface area contributed by atoms with Crippen LogP contribution in [0.1, 0.15) is 0 Å². The zero-order valence-corrected chi connectivity index (χ0v) is 6.18. The van der Waals surface area contributed by atoms with Gasteiger partial charge in [0, 0.05) is 36.9 Å². The van der Waals surface area contributed by atoms with E-state index in [9.17, 15) is 0 Å². The molecule has 0 spiro atoms. The summed E-state index contributed by atoms with van der Waals surface area (Å²) >= 11 is 0.828. The predicted octanol–water partition coefficient (Wildman–Crippen LogP) is -2.75. The standard InChI is InChI=1S/Al.BH2O3.Lu.Sc.3H/c;2-1(3)4;;;;;/h;2-3H;;;;;/q;-1;;+1;;;. The summed E-state index contributed by atoms with van der Waals surface area (Å²) in [5.74, 6) is 0. The molecule has 0 aliphatic heterocycles. The topological polar surface area (TPSA) is 49.7 Å². The van der Waals surface area contributed by atoms with E-state index in [1.807, 2.05) is 0 Å². The van der Waals surface area contributed by atoms with Crippen LogP contribution in [0.3, 0.4) is 0 Å². The van der Waals surface area contributed by atoms with E-state index in [1.165, 1.54) is 0 Å². The third-order valence-electron chi connectivity index (χ3n) is 0.122. The number of hydrogen-bond acceptors (Lipinski definition) is 3. The molecule has 47 valence electrons. The molecule has 0 saturated heterocycles. The van der Waals surface area contributed by atoms with Gasteiger partial charge in [0.1, 0.15) is 0 Å². The molecular weight excluding hydrogens is 306 g/mol. The van der Waals surface area contributed by atoms with Crippen molar-refractivity contribution in [3.05, 3.63) is 0 Å². The maximum absolute atomic E-state index is 7.71. The van der Waals surface area contributed by atoms with E-state index in [4.69, 9.17) is 10.0 Å². The Bertz CT molecular complexity index is 28.9. The van der Waals surface area contributed by atoms with Crippen molar-refractivity contribution in [2.24, 2.45) is 0 Å². The molecule has 2 N–H and O–H groups in total. The third-order valence-corrected chi connectivity index (χ3v) is 0.502. The molecule has 7 heavy (non-hydrogen) atoms. The van der Waals surface area contributed by atoms with Crippen molar-refractivity contribution in [1.29, 1.82) is 0 Å².